The second-order valence-corrected chi connectivity index (χ2v) is 7.06. The molecule has 0 spiro atoms. The minimum atomic E-state index is -0.448. The maximum atomic E-state index is 11.9. The predicted molar refractivity (Wildman–Crippen MR) is 119 cm³/mol. The van der Waals surface area contributed by atoms with Gasteiger partial charge in [0, 0.05) is 24.6 Å². The van der Waals surface area contributed by atoms with Gasteiger partial charge in [0.15, 0.2) is 0 Å². The Labute approximate surface area is 171 Å². The number of methoxy groups -OCH3 is 1. The van der Waals surface area contributed by atoms with Gasteiger partial charge in [-0.15, -0.1) is 0 Å². The minimum absolute atomic E-state index is 0.0168. The Bertz CT molecular complexity index is 651. The lowest BCUT2D eigenvalue weighted by atomic mass is 9.96. The Balaban J connectivity index is 4.55. The molecule has 0 aromatic carbocycles. The fraction of sp³-hybridized carbons (Fsp3) is 0.458. The Morgan fingerprint density at radius 3 is 2.29 bits per heavy atom. The second-order valence-electron chi connectivity index (χ2n) is 7.06. The highest BCUT2D eigenvalue weighted by Crippen LogP contribution is 2.15. The first-order chi connectivity index (χ1) is 13.2. The van der Waals surface area contributed by atoms with Crippen molar-refractivity contribution in [1.29, 1.82) is 0 Å². The van der Waals surface area contributed by atoms with Crippen LogP contribution in [0.1, 0.15) is 41.5 Å². The van der Waals surface area contributed by atoms with Gasteiger partial charge in [-0.25, -0.2) is 0 Å². The van der Waals surface area contributed by atoms with Crippen LogP contribution >= 0.6 is 0 Å². The van der Waals surface area contributed by atoms with Gasteiger partial charge in [-0.1, -0.05) is 67.2 Å². The third kappa shape index (κ3) is 11.5. The monoisotopic (exact) mass is 387 g/mol. The molecule has 0 aromatic rings. The van der Waals surface area contributed by atoms with Crippen molar-refractivity contribution in [1.82, 2.24) is 5.32 Å². The molecule has 0 aliphatic carbocycles. The van der Waals surface area contributed by atoms with E-state index in [-0.39, 0.29) is 17.9 Å². The Hall–Kier alpha value is -2.17. The van der Waals surface area contributed by atoms with E-state index < -0.39 is 6.10 Å². The van der Waals surface area contributed by atoms with E-state index in [9.17, 15) is 9.90 Å². The van der Waals surface area contributed by atoms with Crippen LogP contribution in [0, 0.1) is 5.92 Å². The van der Waals surface area contributed by atoms with Crippen molar-refractivity contribution in [2.45, 2.75) is 53.7 Å². The van der Waals surface area contributed by atoms with Gasteiger partial charge >= 0.3 is 0 Å². The average molecular weight is 388 g/mol. The van der Waals surface area contributed by atoms with E-state index in [4.69, 9.17) is 4.74 Å². The first-order valence-electron chi connectivity index (χ1n) is 9.70. The molecule has 3 atom stereocenters. The first kappa shape index (κ1) is 25.8. The lowest BCUT2D eigenvalue weighted by Gasteiger charge is -2.16. The number of nitrogens with one attached hydrogen (secondary N) is 1. The number of hydrogen-bond donors (Lipinski definition) is 2. The number of aliphatic hydroxyl groups excluding tert-OH is 1. The molecule has 0 aromatic heterocycles. The smallest absolute Gasteiger partial charge is 0.247 e. The first-order valence-corrected chi connectivity index (χ1v) is 9.70. The largest absolute Gasteiger partial charge is 0.388 e. The third-order valence-corrected chi connectivity index (χ3v) is 4.25. The lowest BCUT2D eigenvalue weighted by Crippen LogP contribution is -2.36. The van der Waals surface area contributed by atoms with Crippen LogP contribution in [0.3, 0.4) is 0 Å². The molecule has 0 fully saturated rings. The van der Waals surface area contributed by atoms with Gasteiger partial charge in [0.05, 0.1) is 12.7 Å². The van der Waals surface area contributed by atoms with Crippen LogP contribution in [-0.2, 0) is 9.53 Å². The molecule has 0 unspecified atom stereocenters. The molecule has 4 heteroatoms. The molecule has 2 N–H and O–H groups in total. The zero-order valence-electron chi connectivity index (χ0n) is 18.4. The van der Waals surface area contributed by atoms with E-state index in [0.717, 1.165) is 11.1 Å². The molecule has 0 rings (SSSR count). The number of carbonyl (C=O) groups excluding carboxylic acids is 1. The van der Waals surface area contributed by atoms with Crippen molar-refractivity contribution in [3.05, 3.63) is 71.4 Å². The summed E-state index contributed by atoms with van der Waals surface area (Å²) in [5.41, 5.74) is 2.73. The molecule has 0 bridgehead atoms. The molecule has 0 heterocycles. The van der Waals surface area contributed by atoms with E-state index >= 15 is 0 Å². The highest BCUT2D eigenvalue weighted by Gasteiger charge is 2.12. The molecule has 0 saturated carbocycles. The minimum Gasteiger partial charge on any atom is -0.388 e. The number of aliphatic hydroxyl groups is 1. The van der Waals surface area contributed by atoms with Gasteiger partial charge in [0.2, 0.25) is 5.91 Å². The molecular formula is C24H37NO3. The van der Waals surface area contributed by atoms with Crippen molar-refractivity contribution >= 4 is 5.91 Å². The molecule has 1 amide bonds. The average Bonchev–Trinajstić information content (AvgIpc) is 2.65. The maximum absolute atomic E-state index is 11.9. The number of carbonyl (C=O) groups is 1. The maximum Gasteiger partial charge on any atom is 0.247 e. The van der Waals surface area contributed by atoms with Crippen LogP contribution < -0.4 is 5.32 Å². The van der Waals surface area contributed by atoms with E-state index in [0.29, 0.717) is 12.2 Å². The van der Waals surface area contributed by atoms with Gasteiger partial charge in [-0.3, -0.25) is 4.79 Å². The summed E-state index contributed by atoms with van der Waals surface area (Å²) < 4.78 is 5.00. The number of hydrogen-bond acceptors (Lipinski definition) is 3. The fourth-order valence-electron chi connectivity index (χ4n) is 2.45. The molecule has 156 valence electrons. The Morgan fingerprint density at radius 2 is 1.68 bits per heavy atom. The van der Waals surface area contributed by atoms with Gasteiger partial charge < -0.3 is 15.2 Å². The summed E-state index contributed by atoms with van der Waals surface area (Å²) in [7, 11) is 1.61. The number of ether oxygens (including phenoxy) is 1. The molecule has 4 nitrogen and oxygen atoms in total. The van der Waals surface area contributed by atoms with Crippen LogP contribution in [0.25, 0.3) is 0 Å². The summed E-state index contributed by atoms with van der Waals surface area (Å²) in [6, 6.07) is -0.0168. The number of allylic oxidation sites excluding steroid dienone is 9. The summed E-state index contributed by atoms with van der Waals surface area (Å²) in [4.78, 5) is 11.9. The highest BCUT2D eigenvalue weighted by molar-refractivity contribution is 5.93. The molecule has 0 saturated heterocycles. The normalized spacial score (nSPS) is 17.5. The van der Waals surface area contributed by atoms with E-state index in [1.165, 1.54) is 0 Å². The van der Waals surface area contributed by atoms with E-state index in [1.807, 2.05) is 77.2 Å². The number of amides is 1. The van der Waals surface area contributed by atoms with E-state index in [2.05, 4.69) is 11.4 Å². The van der Waals surface area contributed by atoms with Gasteiger partial charge in [0.25, 0.3) is 0 Å². The molecule has 28 heavy (non-hydrogen) atoms. The van der Waals surface area contributed by atoms with E-state index in [1.54, 1.807) is 20.1 Å². The molecule has 0 aliphatic rings. The zero-order chi connectivity index (χ0) is 21.5. The van der Waals surface area contributed by atoms with Crippen molar-refractivity contribution in [2.75, 3.05) is 13.7 Å². The number of rotatable bonds is 11. The third-order valence-electron chi connectivity index (χ3n) is 4.25. The summed E-state index contributed by atoms with van der Waals surface area (Å²) in [5.74, 6) is -0.0288. The van der Waals surface area contributed by atoms with Crippen molar-refractivity contribution in [2.24, 2.45) is 5.92 Å². The van der Waals surface area contributed by atoms with Crippen LogP contribution in [0.15, 0.2) is 71.4 Å². The van der Waals surface area contributed by atoms with Crippen LogP contribution in [-0.4, -0.2) is 36.9 Å². The van der Waals surface area contributed by atoms with Crippen LogP contribution in [0.2, 0.25) is 0 Å². The summed E-state index contributed by atoms with van der Waals surface area (Å²) in [5, 5.41) is 13.0. The second kappa shape index (κ2) is 14.8. The van der Waals surface area contributed by atoms with Gasteiger partial charge in [-0.2, -0.15) is 0 Å². The summed E-state index contributed by atoms with van der Waals surface area (Å²) >= 11 is 0. The summed E-state index contributed by atoms with van der Waals surface area (Å²) in [6.07, 6.45) is 16.8. The van der Waals surface area contributed by atoms with Gasteiger partial charge in [-0.05, 0) is 40.2 Å². The Morgan fingerprint density at radius 1 is 1.07 bits per heavy atom. The van der Waals surface area contributed by atoms with Gasteiger partial charge in [0.1, 0.15) is 0 Å². The van der Waals surface area contributed by atoms with Crippen molar-refractivity contribution < 1.29 is 14.6 Å². The molecule has 0 radical (unpaired) electrons. The quantitative estimate of drug-likeness (QED) is 0.308. The Kier molecular flexibility index (Phi) is 13.7. The SMILES string of the molecule is C/C=C(\C)[C@H](O)[C@H](C)/C=C(C)/C=C/C=C\C=C\C=C(/C)C(=O)N[C@@H](C)COC. The van der Waals surface area contributed by atoms with Crippen molar-refractivity contribution in [3.63, 3.8) is 0 Å². The predicted octanol–water partition coefficient (Wildman–Crippen LogP) is 4.66. The molecular weight excluding hydrogens is 350 g/mol. The van der Waals surface area contributed by atoms with Crippen LogP contribution in [0.5, 0.6) is 0 Å². The highest BCUT2D eigenvalue weighted by atomic mass is 16.5. The van der Waals surface area contributed by atoms with Crippen LogP contribution in [0.4, 0.5) is 0 Å². The standard InChI is InChI=1S/C24H37NO3/c1-8-19(3)23(26)21(5)16-18(2)14-12-10-9-11-13-15-20(4)24(27)25-22(6)17-28-7/h8-16,21-23,26H,17H2,1-7H3,(H,25,27)/b10-9-,13-11+,14-12+,18-16+,19-8+,20-15+/t21-,22+,23+/m1/s1. The fourth-order valence-corrected chi connectivity index (χ4v) is 2.45. The lowest BCUT2D eigenvalue weighted by molar-refractivity contribution is -0.118. The topological polar surface area (TPSA) is 58.6 Å². The molecule has 0 aliphatic heterocycles. The van der Waals surface area contributed by atoms with Crippen molar-refractivity contribution in [3.8, 4) is 0 Å². The summed E-state index contributed by atoms with van der Waals surface area (Å²) in [6.45, 7) is 12.1. The zero-order valence-corrected chi connectivity index (χ0v) is 18.4.